The normalized spacial score (nSPS) is 25.7. The van der Waals surface area contributed by atoms with Gasteiger partial charge in [-0.05, 0) is 19.1 Å². The maximum Gasteiger partial charge on any atom is 0.264 e. The Morgan fingerprint density at radius 1 is 1.28 bits per heavy atom. The van der Waals surface area contributed by atoms with E-state index >= 15 is 0 Å². The molecule has 2 heterocycles. The number of rotatable bonds is 2. The van der Waals surface area contributed by atoms with Gasteiger partial charge in [0.05, 0.1) is 16.8 Å². The number of ketones is 1. The fourth-order valence-corrected chi connectivity index (χ4v) is 3.08. The summed E-state index contributed by atoms with van der Waals surface area (Å²) in [6, 6.07) is 4.37. The van der Waals surface area contributed by atoms with Gasteiger partial charge in [-0.1, -0.05) is 6.07 Å². The number of amides is 4. The third-order valence-electron chi connectivity index (χ3n) is 4.30. The molecule has 1 aromatic rings. The summed E-state index contributed by atoms with van der Waals surface area (Å²) in [7, 11) is 0. The molecule has 9 heteroatoms. The van der Waals surface area contributed by atoms with E-state index in [1.165, 1.54) is 32.0 Å². The molecule has 1 aromatic carbocycles. The van der Waals surface area contributed by atoms with Crippen molar-refractivity contribution in [2.24, 2.45) is 0 Å². The minimum absolute atomic E-state index is 0.0313. The molecule has 0 aliphatic carbocycles. The maximum atomic E-state index is 12.8. The molecule has 0 bridgehead atoms. The summed E-state index contributed by atoms with van der Waals surface area (Å²) in [5, 5.41) is 14.0. The third-order valence-corrected chi connectivity index (χ3v) is 4.30. The second-order valence-electron chi connectivity index (χ2n) is 6.15. The van der Waals surface area contributed by atoms with Crippen molar-refractivity contribution in [1.29, 1.82) is 0 Å². The van der Waals surface area contributed by atoms with Crippen molar-refractivity contribution < 1.29 is 29.1 Å². The van der Waals surface area contributed by atoms with E-state index in [4.69, 9.17) is 0 Å². The molecule has 25 heavy (non-hydrogen) atoms. The minimum atomic E-state index is -1.77. The summed E-state index contributed by atoms with van der Waals surface area (Å²) in [6.45, 7) is 2.54. The number of imide groups is 1. The van der Waals surface area contributed by atoms with E-state index in [1.54, 1.807) is 0 Å². The van der Waals surface area contributed by atoms with Crippen molar-refractivity contribution in [2.45, 2.75) is 32.0 Å². The Balaban J connectivity index is 2.07. The van der Waals surface area contributed by atoms with E-state index in [0.29, 0.717) is 4.90 Å². The van der Waals surface area contributed by atoms with Crippen LogP contribution in [0.5, 0.6) is 0 Å². The van der Waals surface area contributed by atoms with Gasteiger partial charge in [-0.3, -0.25) is 28.9 Å². The number of carbonyl (C=O) groups is 5. The molecule has 0 spiro atoms. The Labute approximate surface area is 142 Å². The van der Waals surface area contributed by atoms with Gasteiger partial charge in [-0.15, -0.1) is 0 Å². The van der Waals surface area contributed by atoms with Crippen molar-refractivity contribution in [3.63, 3.8) is 0 Å². The Hall–Kier alpha value is -3.07. The molecule has 130 valence electrons. The maximum absolute atomic E-state index is 12.8. The van der Waals surface area contributed by atoms with Crippen LogP contribution >= 0.6 is 0 Å². The van der Waals surface area contributed by atoms with E-state index in [0.717, 1.165) is 0 Å². The predicted octanol–water partition coefficient (Wildman–Crippen LogP) is -0.593. The lowest BCUT2D eigenvalue weighted by atomic mass is 9.88. The summed E-state index contributed by atoms with van der Waals surface area (Å²) in [4.78, 5) is 61.8. The van der Waals surface area contributed by atoms with E-state index in [-0.39, 0.29) is 16.8 Å². The zero-order valence-electron chi connectivity index (χ0n) is 13.5. The van der Waals surface area contributed by atoms with Crippen LogP contribution in [-0.4, -0.2) is 51.2 Å². The summed E-state index contributed by atoms with van der Waals surface area (Å²) in [5.74, 6) is -3.47. The quantitative estimate of drug-likeness (QED) is 0.614. The molecular formula is C16H15N3O6. The van der Waals surface area contributed by atoms with Crippen LogP contribution in [-0.2, 0) is 14.4 Å². The molecular weight excluding hydrogens is 330 g/mol. The van der Waals surface area contributed by atoms with Crippen LogP contribution in [0.15, 0.2) is 18.2 Å². The minimum Gasteiger partial charge on any atom is -0.367 e. The fraction of sp³-hybridized carbons (Fsp3) is 0.312. The standard InChI is InChI=1S/C16H15N3O6/c1-7(20)17-9-5-3-4-8-11(9)14(24)19(13(8)23)16(2)6-10(21)12(22)18-15(16)25/h3-5,12,22H,6H2,1-2H3,(H,17,20)(H,18,25). The lowest BCUT2D eigenvalue weighted by Crippen LogP contribution is -2.66. The van der Waals surface area contributed by atoms with Crippen molar-refractivity contribution in [3.8, 4) is 0 Å². The fourth-order valence-electron chi connectivity index (χ4n) is 3.08. The number of nitrogens with one attached hydrogen (secondary N) is 2. The smallest absolute Gasteiger partial charge is 0.264 e. The highest BCUT2D eigenvalue weighted by atomic mass is 16.3. The van der Waals surface area contributed by atoms with Gasteiger partial charge in [0.2, 0.25) is 11.8 Å². The van der Waals surface area contributed by atoms with Crippen molar-refractivity contribution >= 4 is 35.1 Å². The van der Waals surface area contributed by atoms with Crippen LogP contribution in [0.25, 0.3) is 0 Å². The summed E-state index contributed by atoms with van der Waals surface area (Å²) in [6.07, 6.45) is -2.16. The highest BCUT2D eigenvalue weighted by molar-refractivity contribution is 6.26. The van der Waals surface area contributed by atoms with Crippen molar-refractivity contribution in [3.05, 3.63) is 29.3 Å². The van der Waals surface area contributed by atoms with Gasteiger partial charge in [-0.25, -0.2) is 0 Å². The van der Waals surface area contributed by atoms with Gasteiger partial charge in [0, 0.05) is 13.3 Å². The van der Waals surface area contributed by atoms with Gasteiger partial charge >= 0.3 is 0 Å². The van der Waals surface area contributed by atoms with Crippen LogP contribution in [0.2, 0.25) is 0 Å². The van der Waals surface area contributed by atoms with Crippen LogP contribution < -0.4 is 10.6 Å². The highest BCUT2D eigenvalue weighted by Gasteiger charge is 2.55. The average Bonchev–Trinajstić information content (AvgIpc) is 2.78. The Morgan fingerprint density at radius 3 is 2.60 bits per heavy atom. The van der Waals surface area contributed by atoms with E-state index in [2.05, 4.69) is 10.6 Å². The van der Waals surface area contributed by atoms with E-state index < -0.39 is 47.6 Å². The first-order chi connectivity index (χ1) is 11.7. The second kappa shape index (κ2) is 5.49. The number of carbonyl (C=O) groups excluding carboxylic acids is 5. The highest BCUT2D eigenvalue weighted by Crippen LogP contribution is 2.36. The number of fused-ring (bicyclic) bond motifs is 1. The zero-order chi connectivity index (χ0) is 18.5. The molecule has 2 aliphatic rings. The number of aliphatic hydroxyl groups excluding tert-OH is 1. The van der Waals surface area contributed by atoms with Crippen LogP contribution in [0.1, 0.15) is 41.0 Å². The number of Topliss-reactive ketones (excluding diaryl/α,β-unsaturated/α-hetero) is 1. The molecule has 3 rings (SSSR count). The average molecular weight is 345 g/mol. The van der Waals surface area contributed by atoms with E-state index in [9.17, 15) is 29.1 Å². The lowest BCUT2D eigenvalue weighted by molar-refractivity contribution is -0.149. The molecule has 2 aliphatic heterocycles. The summed E-state index contributed by atoms with van der Waals surface area (Å²) in [5.41, 5.74) is -1.62. The molecule has 1 fully saturated rings. The molecule has 2 unspecified atom stereocenters. The molecule has 0 saturated carbocycles. The van der Waals surface area contributed by atoms with Crippen molar-refractivity contribution in [1.82, 2.24) is 10.2 Å². The van der Waals surface area contributed by atoms with Gasteiger partial charge in [0.1, 0.15) is 5.54 Å². The van der Waals surface area contributed by atoms with Crippen LogP contribution in [0.4, 0.5) is 5.69 Å². The first-order valence-corrected chi connectivity index (χ1v) is 7.48. The lowest BCUT2D eigenvalue weighted by Gasteiger charge is -2.39. The van der Waals surface area contributed by atoms with Gasteiger partial charge in [0.25, 0.3) is 11.8 Å². The number of hydrogen-bond donors (Lipinski definition) is 3. The molecule has 2 atom stereocenters. The summed E-state index contributed by atoms with van der Waals surface area (Å²) < 4.78 is 0. The van der Waals surface area contributed by atoms with Gasteiger partial charge < -0.3 is 15.7 Å². The number of anilines is 1. The van der Waals surface area contributed by atoms with E-state index in [1.807, 2.05) is 0 Å². The molecule has 3 N–H and O–H groups in total. The van der Waals surface area contributed by atoms with Crippen LogP contribution in [0.3, 0.4) is 0 Å². The Morgan fingerprint density at radius 2 is 1.96 bits per heavy atom. The van der Waals surface area contributed by atoms with Crippen molar-refractivity contribution in [2.75, 3.05) is 5.32 Å². The number of nitrogens with zero attached hydrogens (tertiary/aromatic N) is 1. The number of hydrogen-bond acceptors (Lipinski definition) is 6. The first kappa shape index (κ1) is 16.8. The van der Waals surface area contributed by atoms with Crippen LogP contribution in [0, 0.1) is 0 Å². The third kappa shape index (κ3) is 2.40. The SMILES string of the molecule is CC(=O)Nc1cccc2c1C(=O)N(C1(C)CC(=O)C(O)NC1=O)C2=O. The largest absolute Gasteiger partial charge is 0.367 e. The molecule has 0 radical (unpaired) electrons. The zero-order valence-corrected chi connectivity index (χ0v) is 13.5. The molecule has 4 amide bonds. The number of piperidine rings is 1. The predicted molar refractivity (Wildman–Crippen MR) is 83.4 cm³/mol. The number of benzene rings is 1. The topological polar surface area (TPSA) is 133 Å². The van der Waals surface area contributed by atoms with Gasteiger partial charge in [-0.2, -0.15) is 0 Å². The first-order valence-electron chi connectivity index (χ1n) is 7.48. The second-order valence-corrected chi connectivity index (χ2v) is 6.15. The monoisotopic (exact) mass is 345 g/mol. The Kier molecular flexibility index (Phi) is 3.68. The molecule has 0 aromatic heterocycles. The molecule has 9 nitrogen and oxygen atoms in total. The molecule has 1 saturated heterocycles. The number of aliphatic hydroxyl groups is 1. The van der Waals surface area contributed by atoms with Gasteiger partial charge in [0.15, 0.2) is 12.0 Å². The summed E-state index contributed by atoms with van der Waals surface area (Å²) >= 11 is 0. The Bertz CT molecular complexity index is 848.